The van der Waals surface area contributed by atoms with E-state index in [0.717, 1.165) is 17.1 Å². The quantitative estimate of drug-likeness (QED) is 0.835. The predicted octanol–water partition coefficient (Wildman–Crippen LogP) is 4.47. The number of aryl methyl sites for hydroxylation is 2. The zero-order chi connectivity index (χ0) is 14.7. The maximum absolute atomic E-state index is 5.91. The van der Waals surface area contributed by atoms with Crippen LogP contribution in [0.5, 0.6) is 17.2 Å². The third-order valence-corrected chi connectivity index (χ3v) is 2.83. The van der Waals surface area contributed by atoms with Gasteiger partial charge in [0.15, 0.2) is 0 Å². The van der Waals surface area contributed by atoms with E-state index in [0.29, 0.717) is 11.4 Å². The number of nitrogens with two attached hydrogens (primary N) is 1. The normalized spacial score (nSPS) is 10.7. The maximum Gasteiger partial charge on any atom is 0.133 e. The molecule has 2 aromatic carbocycles. The summed E-state index contributed by atoms with van der Waals surface area (Å²) >= 11 is 0. The molecule has 0 aliphatic carbocycles. The summed E-state index contributed by atoms with van der Waals surface area (Å²) in [5.74, 6) is 2.24. The van der Waals surface area contributed by atoms with Crippen molar-refractivity contribution in [3.63, 3.8) is 0 Å². The first kappa shape index (κ1) is 14.3. The van der Waals surface area contributed by atoms with Gasteiger partial charge in [-0.25, -0.2) is 0 Å². The molecule has 0 saturated heterocycles. The molecule has 0 radical (unpaired) electrons. The molecule has 0 unspecified atom stereocenters. The molecule has 0 aliphatic heterocycles. The van der Waals surface area contributed by atoms with E-state index in [-0.39, 0.29) is 6.10 Å². The minimum absolute atomic E-state index is 0.103. The third-order valence-electron chi connectivity index (χ3n) is 2.83. The van der Waals surface area contributed by atoms with E-state index in [9.17, 15) is 0 Å². The number of benzene rings is 2. The highest BCUT2D eigenvalue weighted by Crippen LogP contribution is 2.30. The lowest BCUT2D eigenvalue weighted by atomic mass is 10.1. The first-order valence-electron chi connectivity index (χ1n) is 6.76. The zero-order valence-electron chi connectivity index (χ0n) is 12.4. The summed E-state index contributed by atoms with van der Waals surface area (Å²) < 4.78 is 11.6. The summed E-state index contributed by atoms with van der Waals surface area (Å²) in [5, 5.41) is 0. The number of nitrogen functional groups attached to an aromatic ring is 1. The van der Waals surface area contributed by atoms with E-state index in [1.54, 1.807) is 12.1 Å². The van der Waals surface area contributed by atoms with Crippen molar-refractivity contribution in [1.29, 1.82) is 0 Å². The van der Waals surface area contributed by atoms with Gasteiger partial charge in [0, 0.05) is 23.9 Å². The van der Waals surface area contributed by atoms with Gasteiger partial charge in [0.25, 0.3) is 0 Å². The Morgan fingerprint density at radius 1 is 0.950 bits per heavy atom. The second kappa shape index (κ2) is 5.87. The van der Waals surface area contributed by atoms with Crippen LogP contribution in [0, 0.1) is 13.8 Å². The van der Waals surface area contributed by atoms with Crippen LogP contribution < -0.4 is 15.2 Å². The molecule has 106 valence electrons. The van der Waals surface area contributed by atoms with Gasteiger partial charge < -0.3 is 15.2 Å². The van der Waals surface area contributed by atoms with E-state index in [2.05, 4.69) is 13.0 Å². The van der Waals surface area contributed by atoms with E-state index in [4.69, 9.17) is 15.2 Å². The van der Waals surface area contributed by atoms with Crippen molar-refractivity contribution in [2.45, 2.75) is 33.8 Å². The molecule has 0 saturated carbocycles. The zero-order valence-corrected chi connectivity index (χ0v) is 12.4. The molecule has 2 aromatic rings. The molecule has 0 aliphatic rings. The van der Waals surface area contributed by atoms with Crippen LogP contribution in [0.1, 0.15) is 25.0 Å². The van der Waals surface area contributed by atoms with Crippen LogP contribution in [0.25, 0.3) is 0 Å². The number of hydrogen-bond donors (Lipinski definition) is 1. The highest BCUT2D eigenvalue weighted by atomic mass is 16.5. The van der Waals surface area contributed by atoms with Gasteiger partial charge in [-0.1, -0.05) is 17.7 Å². The molecule has 0 amide bonds. The summed E-state index contributed by atoms with van der Waals surface area (Å²) in [7, 11) is 0. The summed E-state index contributed by atoms with van der Waals surface area (Å²) in [6.45, 7) is 8.05. The van der Waals surface area contributed by atoms with Gasteiger partial charge in [-0.2, -0.15) is 0 Å². The lowest BCUT2D eigenvalue weighted by Gasteiger charge is -2.14. The topological polar surface area (TPSA) is 44.5 Å². The van der Waals surface area contributed by atoms with Gasteiger partial charge in [-0.05, 0) is 39.3 Å². The van der Waals surface area contributed by atoms with Gasteiger partial charge in [0.1, 0.15) is 17.2 Å². The fourth-order valence-electron chi connectivity index (χ4n) is 2.03. The Kier molecular flexibility index (Phi) is 4.18. The molecule has 3 nitrogen and oxygen atoms in total. The molecular formula is C17H21NO2. The average Bonchev–Trinajstić information content (AvgIpc) is 2.31. The smallest absolute Gasteiger partial charge is 0.133 e. The van der Waals surface area contributed by atoms with E-state index >= 15 is 0 Å². The summed E-state index contributed by atoms with van der Waals surface area (Å²) in [4.78, 5) is 0. The van der Waals surface area contributed by atoms with Crippen molar-refractivity contribution in [3.8, 4) is 17.2 Å². The van der Waals surface area contributed by atoms with Crippen molar-refractivity contribution >= 4 is 5.69 Å². The van der Waals surface area contributed by atoms with Crippen LogP contribution in [0.2, 0.25) is 0 Å². The van der Waals surface area contributed by atoms with Crippen LogP contribution >= 0.6 is 0 Å². The SMILES string of the molecule is Cc1ccc(Oc2cc(N)cc(OC(C)C)c2)c(C)c1. The van der Waals surface area contributed by atoms with E-state index in [1.165, 1.54) is 5.56 Å². The highest BCUT2D eigenvalue weighted by molar-refractivity contribution is 5.52. The largest absolute Gasteiger partial charge is 0.491 e. The molecule has 2 rings (SSSR count). The fourth-order valence-corrected chi connectivity index (χ4v) is 2.03. The lowest BCUT2D eigenvalue weighted by molar-refractivity contribution is 0.242. The summed E-state index contributed by atoms with van der Waals surface area (Å²) in [5.41, 5.74) is 8.83. The Labute approximate surface area is 120 Å². The highest BCUT2D eigenvalue weighted by Gasteiger charge is 2.06. The fraction of sp³-hybridized carbons (Fsp3) is 0.294. The molecule has 0 heterocycles. The molecule has 2 N–H and O–H groups in total. The van der Waals surface area contributed by atoms with Crippen LogP contribution in [0.4, 0.5) is 5.69 Å². The van der Waals surface area contributed by atoms with Crippen molar-refractivity contribution in [3.05, 3.63) is 47.5 Å². The molecule has 20 heavy (non-hydrogen) atoms. The van der Waals surface area contributed by atoms with Crippen molar-refractivity contribution in [1.82, 2.24) is 0 Å². The van der Waals surface area contributed by atoms with E-state index < -0.39 is 0 Å². The van der Waals surface area contributed by atoms with Crippen molar-refractivity contribution < 1.29 is 9.47 Å². The molecule has 0 bridgehead atoms. The molecule has 0 fully saturated rings. The number of anilines is 1. The Balaban J connectivity index is 2.26. The van der Waals surface area contributed by atoms with Gasteiger partial charge in [-0.15, -0.1) is 0 Å². The standard InChI is InChI=1S/C17H21NO2/c1-11(2)19-15-8-14(18)9-16(10-15)20-17-6-5-12(3)7-13(17)4/h5-11H,18H2,1-4H3. The first-order chi connectivity index (χ1) is 9.44. The third kappa shape index (κ3) is 3.67. The summed E-state index contributed by atoms with van der Waals surface area (Å²) in [6, 6.07) is 11.5. The average molecular weight is 271 g/mol. The van der Waals surface area contributed by atoms with Crippen LogP contribution in [0.3, 0.4) is 0 Å². The molecule has 0 spiro atoms. The molecular weight excluding hydrogens is 250 g/mol. The Hall–Kier alpha value is -2.16. The van der Waals surface area contributed by atoms with Gasteiger partial charge in [0.2, 0.25) is 0 Å². The Bertz CT molecular complexity index is 606. The lowest BCUT2D eigenvalue weighted by Crippen LogP contribution is -2.06. The minimum atomic E-state index is 0.103. The molecule has 0 atom stereocenters. The second-order valence-corrected chi connectivity index (χ2v) is 5.28. The monoisotopic (exact) mass is 271 g/mol. The number of rotatable bonds is 4. The van der Waals surface area contributed by atoms with Crippen molar-refractivity contribution in [2.75, 3.05) is 5.73 Å². The summed E-state index contributed by atoms with van der Waals surface area (Å²) in [6.07, 6.45) is 0.103. The number of ether oxygens (including phenoxy) is 2. The van der Waals surface area contributed by atoms with Gasteiger partial charge in [-0.3, -0.25) is 0 Å². The molecule has 3 heteroatoms. The van der Waals surface area contributed by atoms with Crippen LogP contribution in [0.15, 0.2) is 36.4 Å². The van der Waals surface area contributed by atoms with Crippen LogP contribution in [-0.2, 0) is 0 Å². The maximum atomic E-state index is 5.91. The van der Waals surface area contributed by atoms with Crippen molar-refractivity contribution in [2.24, 2.45) is 0 Å². The van der Waals surface area contributed by atoms with E-state index in [1.807, 2.05) is 39.0 Å². The second-order valence-electron chi connectivity index (χ2n) is 5.28. The first-order valence-corrected chi connectivity index (χ1v) is 6.76. The predicted molar refractivity (Wildman–Crippen MR) is 82.6 cm³/mol. The Morgan fingerprint density at radius 3 is 2.30 bits per heavy atom. The number of hydrogen-bond acceptors (Lipinski definition) is 3. The minimum Gasteiger partial charge on any atom is -0.491 e. The van der Waals surface area contributed by atoms with Gasteiger partial charge in [0.05, 0.1) is 6.10 Å². The van der Waals surface area contributed by atoms with Gasteiger partial charge >= 0.3 is 0 Å². The van der Waals surface area contributed by atoms with Crippen LogP contribution in [-0.4, -0.2) is 6.10 Å². The Morgan fingerprint density at radius 2 is 1.65 bits per heavy atom. The molecule has 0 aromatic heterocycles.